The van der Waals surface area contributed by atoms with Crippen molar-refractivity contribution in [3.63, 3.8) is 0 Å². The number of hydrogen-bond acceptors (Lipinski definition) is 7. The van der Waals surface area contributed by atoms with E-state index in [1.54, 1.807) is 37.4 Å². The number of aromatic nitrogens is 1. The van der Waals surface area contributed by atoms with Crippen LogP contribution in [0, 0.1) is 0 Å². The lowest BCUT2D eigenvalue weighted by Crippen LogP contribution is -2.30. The van der Waals surface area contributed by atoms with Crippen LogP contribution >= 0.6 is 27.3 Å². The predicted molar refractivity (Wildman–Crippen MR) is 123 cm³/mol. The number of anilines is 1. The third-order valence-corrected chi connectivity index (χ3v) is 6.72. The first kappa shape index (κ1) is 20.5. The Morgan fingerprint density at radius 3 is 2.69 bits per heavy atom. The predicted octanol–water partition coefficient (Wildman–Crippen LogP) is 5.44. The highest BCUT2D eigenvalue weighted by Gasteiger charge is 2.46. The molecular formula is C23H15BrN2O5S. The number of carbonyl (C=O) groups is 2. The zero-order valence-corrected chi connectivity index (χ0v) is 19.0. The fourth-order valence-corrected chi connectivity index (χ4v) is 4.94. The number of ketones is 1. The van der Waals surface area contributed by atoms with Crippen molar-refractivity contribution >= 4 is 54.3 Å². The van der Waals surface area contributed by atoms with Crippen LogP contribution in [-0.4, -0.2) is 28.9 Å². The van der Waals surface area contributed by atoms with Gasteiger partial charge in [-0.3, -0.25) is 14.5 Å². The van der Waals surface area contributed by atoms with Crippen LogP contribution < -0.4 is 9.64 Å². The smallest absolute Gasteiger partial charge is 0.296 e. The van der Waals surface area contributed by atoms with Gasteiger partial charge in [0.2, 0.25) is 5.78 Å². The first-order chi connectivity index (χ1) is 15.5. The number of ether oxygens (including phenoxy) is 1. The van der Waals surface area contributed by atoms with Gasteiger partial charge >= 0.3 is 0 Å². The summed E-state index contributed by atoms with van der Waals surface area (Å²) in [6.45, 7) is 0. The molecule has 0 bridgehead atoms. The molecule has 0 radical (unpaired) electrons. The van der Waals surface area contributed by atoms with Crippen LogP contribution in [0.4, 0.5) is 5.13 Å². The number of hydrogen-bond donors (Lipinski definition) is 1. The molecule has 0 saturated carbocycles. The summed E-state index contributed by atoms with van der Waals surface area (Å²) in [6, 6.07) is 14.8. The van der Waals surface area contributed by atoms with E-state index >= 15 is 0 Å². The average molecular weight is 511 g/mol. The van der Waals surface area contributed by atoms with Gasteiger partial charge in [0, 0.05) is 4.47 Å². The Kier molecular flexibility index (Phi) is 5.07. The lowest BCUT2D eigenvalue weighted by Gasteiger charge is -2.24. The molecule has 7 nitrogen and oxygen atoms in total. The van der Waals surface area contributed by atoms with E-state index in [4.69, 9.17) is 9.15 Å². The maximum absolute atomic E-state index is 13.2. The molecule has 1 aliphatic rings. The standard InChI is InChI=1S/C23H15BrN2O5S/c1-30-14-8-9-15-17(11-14)32-23(25-15)26-19(12-4-6-13(24)7-5-12)18(21(28)22(26)29)20(27)16-3-2-10-31-16/h2-11,19,28H,1H3/t19-/m0/s1. The first-order valence-electron chi connectivity index (χ1n) is 9.53. The molecule has 9 heteroatoms. The lowest BCUT2D eigenvalue weighted by atomic mass is 9.95. The lowest BCUT2D eigenvalue weighted by molar-refractivity contribution is -0.117. The number of thiazole rings is 1. The van der Waals surface area contributed by atoms with Gasteiger partial charge < -0.3 is 14.3 Å². The van der Waals surface area contributed by atoms with Gasteiger partial charge in [-0.2, -0.15) is 0 Å². The number of halogens is 1. The number of Topliss-reactive ketones (excluding diaryl/α,β-unsaturated/α-hetero) is 1. The summed E-state index contributed by atoms with van der Waals surface area (Å²) in [6.07, 6.45) is 1.37. The molecule has 1 atom stereocenters. The Morgan fingerprint density at radius 1 is 1.22 bits per heavy atom. The molecule has 0 spiro atoms. The third kappa shape index (κ3) is 3.30. The molecule has 4 aromatic rings. The van der Waals surface area contributed by atoms with Gasteiger partial charge in [0.25, 0.3) is 5.91 Å². The molecule has 2 aromatic heterocycles. The normalized spacial score (nSPS) is 16.2. The van der Waals surface area contributed by atoms with E-state index in [-0.39, 0.29) is 11.3 Å². The van der Waals surface area contributed by atoms with E-state index in [1.807, 2.05) is 18.2 Å². The van der Waals surface area contributed by atoms with Crippen molar-refractivity contribution in [2.24, 2.45) is 0 Å². The van der Waals surface area contributed by atoms with Crippen LogP contribution in [0.5, 0.6) is 5.75 Å². The van der Waals surface area contributed by atoms with Gasteiger partial charge in [-0.1, -0.05) is 39.4 Å². The monoisotopic (exact) mass is 510 g/mol. The Morgan fingerprint density at radius 2 is 2.00 bits per heavy atom. The summed E-state index contributed by atoms with van der Waals surface area (Å²) in [7, 11) is 1.57. The van der Waals surface area contributed by atoms with E-state index in [2.05, 4.69) is 20.9 Å². The Balaban J connectivity index is 1.67. The average Bonchev–Trinajstić information content (AvgIpc) is 3.52. The fourth-order valence-electron chi connectivity index (χ4n) is 3.66. The molecule has 1 amide bonds. The number of aliphatic hydroxyl groups is 1. The number of fused-ring (bicyclic) bond motifs is 1. The highest BCUT2D eigenvalue weighted by atomic mass is 79.9. The number of nitrogens with zero attached hydrogens (tertiary/aromatic N) is 2. The molecule has 32 heavy (non-hydrogen) atoms. The minimum absolute atomic E-state index is 0.0392. The number of amides is 1. The van der Waals surface area contributed by atoms with E-state index < -0.39 is 23.5 Å². The molecule has 0 fully saturated rings. The minimum Gasteiger partial charge on any atom is -0.503 e. The number of furan rings is 1. The van der Waals surface area contributed by atoms with Crippen LogP contribution in [0.25, 0.3) is 10.2 Å². The third-order valence-electron chi connectivity index (χ3n) is 5.17. The van der Waals surface area contributed by atoms with Crippen LogP contribution in [-0.2, 0) is 4.79 Å². The first-order valence-corrected chi connectivity index (χ1v) is 11.1. The molecular weight excluding hydrogens is 496 g/mol. The van der Waals surface area contributed by atoms with Crippen molar-refractivity contribution in [2.45, 2.75) is 6.04 Å². The number of aliphatic hydroxyl groups excluding tert-OH is 1. The van der Waals surface area contributed by atoms with Gasteiger partial charge in [0.1, 0.15) is 5.75 Å². The molecule has 0 saturated heterocycles. The second kappa shape index (κ2) is 7.92. The summed E-state index contributed by atoms with van der Waals surface area (Å²) in [5, 5.41) is 11.1. The highest BCUT2D eigenvalue weighted by Crippen LogP contribution is 2.44. The number of benzene rings is 2. The molecule has 5 rings (SSSR count). The second-order valence-corrected chi connectivity index (χ2v) is 8.95. The zero-order chi connectivity index (χ0) is 22.4. The Hall–Kier alpha value is -3.43. The Labute approximate surface area is 194 Å². The number of methoxy groups -OCH3 is 1. The van der Waals surface area contributed by atoms with Gasteiger partial charge in [-0.15, -0.1) is 0 Å². The van der Waals surface area contributed by atoms with Crippen LogP contribution in [0.1, 0.15) is 22.2 Å². The number of rotatable bonds is 5. The zero-order valence-electron chi connectivity index (χ0n) is 16.6. The summed E-state index contributed by atoms with van der Waals surface area (Å²) >= 11 is 4.68. The van der Waals surface area contributed by atoms with Crippen LogP contribution in [0.15, 0.2) is 81.1 Å². The van der Waals surface area contributed by atoms with Crippen molar-refractivity contribution in [1.29, 1.82) is 0 Å². The van der Waals surface area contributed by atoms with Crippen molar-refractivity contribution in [3.05, 3.63) is 88.0 Å². The molecule has 1 aliphatic heterocycles. The quantitative estimate of drug-likeness (QED) is 0.359. The second-order valence-electron chi connectivity index (χ2n) is 7.03. The summed E-state index contributed by atoms with van der Waals surface area (Å²) < 4.78 is 12.2. The highest BCUT2D eigenvalue weighted by molar-refractivity contribution is 9.10. The Bertz CT molecular complexity index is 1380. The van der Waals surface area contributed by atoms with Crippen molar-refractivity contribution < 1.29 is 23.8 Å². The maximum Gasteiger partial charge on any atom is 0.296 e. The SMILES string of the molecule is COc1ccc2nc(N3C(=O)C(O)=C(C(=O)c4ccco4)[C@@H]3c3ccc(Br)cc3)sc2c1. The van der Waals surface area contributed by atoms with Gasteiger partial charge in [0.05, 0.1) is 35.2 Å². The largest absolute Gasteiger partial charge is 0.503 e. The van der Waals surface area contributed by atoms with Crippen LogP contribution in [0.3, 0.4) is 0 Å². The number of carbonyl (C=O) groups excluding carboxylic acids is 2. The topological polar surface area (TPSA) is 92.9 Å². The van der Waals surface area contributed by atoms with Crippen LogP contribution in [0.2, 0.25) is 0 Å². The molecule has 160 valence electrons. The van der Waals surface area contributed by atoms with Gasteiger partial charge in [0.15, 0.2) is 16.7 Å². The summed E-state index contributed by atoms with van der Waals surface area (Å²) in [4.78, 5) is 32.4. The van der Waals surface area contributed by atoms with E-state index in [0.29, 0.717) is 22.0 Å². The minimum atomic E-state index is -0.865. The van der Waals surface area contributed by atoms with E-state index in [0.717, 1.165) is 9.17 Å². The molecule has 0 aliphatic carbocycles. The van der Waals surface area contributed by atoms with Crippen molar-refractivity contribution in [1.82, 2.24) is 4.98 Å². The maximum atomic E-state index is 13.2. The summed E-state index contributed by atoms with van der Waals surface area (Å²) in [5.41, 5.74) is 1.28. The summed E-state index contributed by atoms with van der Waals surface area (Å²) in [5.74, 6) is -1.16. The van der Waals surface area contributed by atoms with E-state index in [9.17, 15) is 14.7 Å². The van der Waals surface area contributed by atoms with Gasteiger partial charge in [-0.25, -0.2) is 4.98 Å². The van der Waals surface area contributed by atoms with Crippen molar-refractivity contribution in [3.8, 4) is 5.75 Å². The molecule has 0 unspecified atom stereocenters. The van der Waals surface area contributed by atoms with Crippen molar-refractivity contribution in [2.75, 3.05) is 12.0 Å². The molecule has 1 N–H and O–H groups in total. The molecule has 3 heterocycles. The fraction of sp³-hybridized carbons (Fsp3) is 0.0870. The molecule has 2 aromatic carbocycles. The van der Waals surface area contributed by atoms with E-state index in [1.165, 1.54) is 28.6 Å². The van der Waals surface area contributed by atoms with Gasteiger partial charge in [-0.05, 0) is 48.0 Å².